The van der Waals surface area contributed by atoms with Gasteiger partial charge in [0.25, 0.3) is 5.91 Å². The topological polar surface area (TPSA) is 137 Å². The molecule has 1 amide bonds. The fourth-order valence-corrected chi connectivity index (χ4v) is 4.54. The van der Waals surface area contributed by atoms with Crippen LogP contribution in [-0.4, -0.2) is 47.5 Å². The van der Waals surface area contributed by atoms with E-state index in [1.807, 2.05) is 17.5 Å². The van der Waals surface area contributed by atoms with E-state index in [-0.39, 0.29) is 29.3 Å². The highest BCUT2D eigenvalue weighted by Crippen LogP contribution is 2.30. The molecule has 0 aliphatic carbocycles. The van der Waals surface area contributed by atoms with Crippen LogP contribution in [0.4, 0.5) is 0 Å². The Morgan fingerprint density at radius 3 is 2.67 bits per heavy atom. The number of pyridine rings is 1. The van der Waals surface area contributed by atoms with Crippen LogP contribution in [0.5, 0.6) is 5.75 Å². The molecule has 0 atom stereocenters. The number of phenolic OH excluding ortho intramolecular Hbond substituents is 1. The van der Waals surface area contributed by atoms with Crippen molar-refractivity contribution in [3.8, 4) is 16.5 Å². The lowest BCUT2D eigenvalue weighted by atomic mass is 10.1. The summed E-state index contributed by atoms with van der Waals surface area (Å²) in [6.45, 7) is 0.0896. The number of aromatic nitrogens is 3. The smallest absolute Gasteiger partial charge is 0.253 e. The van der Waals surface area contributed by atoms with E-state index >= 15 is 0 Å². The minimum atomic E-state index is -3.68. The maximum atomic E-state index is 12.6. The summed E-state index contributed by atoms with van der Waals surface area (Å²) in [4.78, 5) is 24.9. The molecule has 1 aromatic carbocycles. The van der Waals surface area contributed by atoms with Crippen LogP contribution in [0.15, 0.2) is 59.1 Å². The van der Waals surface area contributed by atoms with Crippen molar-refractivity contribution < 1.29 is 18.3 Å². The lowest BCUT2D eigenvalue weighted by Gasteiger charge is -2.08. The number of nitrogens with zero attached hydrogens (tertiary/aromatic N) is 2. The number of aromatic amines is 1. The molecule has 4 N–H and O–H groups in total. The standard InChI is InChI=1S/C19H17N5O4S2/c25-14-4-3-13(16-17(14)24-18(23-16)15-2-1-11-29-15)19(26)21-9-10-22-30(27,28)12-5-7-20-8-6-12/h1-8,11,22,25H,9-10H2,(H,21,26)(H,23,24). The highest BCUT2D eigenvalue weighted by Gasteiger charge is 2.18. The van der Waals surface area contributed by atoms with E-state index in [4.69, 9.17) is 0 Å². The van der Waals surface area contributed by atoms with Gasteiger partial charge < -0.3 is 15.4 Å². The molecule has 9 nitrogen and oxygen atoms in total. The molecule has 4 rings (SSSR count). The van der Waals surface area contributed by atoms with Gasteiger partial charge >= 0.3 is 0 Å². The van der Waals surface area contributed by atoms with Crippen molar-refractivity contribution in [3.05, 3.63) is 59.7 Å². The molecular formula is C19H17N5O4S2. The Bertz CT molecular complexity index is 1290. The first kappa shape index (κ1) is 20.0. The third-order valence-corrected chi connectivity index (χ3v) is 6.64. The maximum absolute atomic E-state index is 12.6. The minimum Gasteiger partial charge on any atom is -0.506 e. The number of phenols is 1. The molecule has 0 spiro atoms. The minimum absolute atomic E-state index is 0.0121. The van der Waals surface area contributed by atoms with E-state index in [1.54, 1.807) is 0 Å². The predicted octanol–water partition coefficient (Wildman–Crippen LogP) is 2.10. The summed E-state index contributed by atoms with van der Waals surface area (Å²) in [5, 5.41) is 14.7. The van der Waals surface area contributed by atoms with Crippen molar-refractivity contribution in [2.45, 2.75) is 4.90 Å². The molecule has 0 fully saturated rings. The van der Waals surface area contributed by atoms with E-state index in [9.17, 15) is 18.3 Å². The molecule has 154 valence electrons. The van der Waals surface area contributed by atoms with Crippen molar-refractivity contribution in [3.63, 3.8) is 0 Å². The van der Waals surface area contributed by atoms with Gasteiger partial charge in [-0.3, -0.25) is 9.78 Å². The second-order valence-corrected chi connectivity index (χ2v) is 8.97. The molecule has 11 heteroatoms. The number of fused-ring (bicyclic) bond motifs is 1. The maximum Gasteiger partial charge on any atom is 0.253 e. The van der Waals surface area contributed by atoms with E-state index in [2.05, 4.69) is 25.0 Å². The lowest BCUT2D eigenvalue weighted by molar-refractivity contribution is 0.0956. The lowest BCUT2D eigenvalue weighted by Crippen LogP contribution is -2.34. The van der Waals surface area contributed by atoms with Crippen LogP contribution in [0.3, 0.4) is 0 Å². The molecule has 0 saturated carbocycles. The third-order valence-electron chi connectivity index (χ3n) is 4.28. The first-order valence-corrected chi connectivity index (χ1v) is 11.3. The van der Waals surface area contributed by atoms with Crippen molar-refractivity contribution in [2.75, 3.05) is 13.1 Å². The van der Waals surface area contributed by atoms with Gasteiger partial charge in [-0.05, 0) is 35.7 Å². The zero-order valence-corrected chi connectivity index (χ0v) is 17.1. The Balaban J connectivity index is 1.45. The zero-order valence-electron chi connectivity index (χ0n) is 15.5. The van der Waals surface area contributed by atoms with Crippen molar-refractivity contribution >= 4 is 38.3 Å². The summed E-state index contributed by atoms with van der Waals surface area (Å²) in [6.07, 6.45) is 2.78. The third kappa shape index (κ3) is 4.03. The monoisotopic (exact) mass is 443 g/mol. The van der Waals surface area contributed by atoms with Gasteiger partial charge in [0.05, 0.1) is 15.3 Å². The number of carbonyl (C=O) groups excluding carboxylic acids is 1. The van der Waals surface area contributed by atoms with E-state index in [0.29, 0.717) is 16.9 Å². The second kappa shape index (κ2) is 8.22. The van der Waals surface area contributed by atoms with Gasteiger partial charge in [0.15, 0.2) is 0 Å². The molecule has 3 aromatic heterocycles. The van der Waals surface area contributed by atoms with Gasteiger partial charge in [0, 0.05) is 25.5 Å². The summed E-state index contributed by atoms with van der Waals surface area (Å²) in [7, 11) is -3.68. The number of carbonyl (C=O) groups is 1. The summed E-state index contributed by atoms with van der Waals surface area (Å²) >= 11 is 1.48. The molecule has 3 heterocycles. The number of hydrogen-bond acceptors (Lipinski definition) is 7. The van der Waals surface area contributed by atoms with Crippen LogP contribution in [0.1, 0.15) is 10.4 Å². The van der Waals surface area contributed by atoms with Gasteiger partial charge in [-0.15, -0.1) is 11.3 Å². The molecular weight excluding hydrogens is 426 g/mol. The van der Waals surface area contributed by atoms with Crippen molar-refractivity contribution in [1.82, 2.24) is 25.0 Å². The Morgan fingerprint density at radius 2 is 1.93 bits per heavy atom. The normalized spacial score (nSPS) is 11.6. The van der Waals surface area contributed by atoms with Crippen LogP contribution in [-0.2, 0) is 10.0 Å². The molecule has 0 aliphatic heterocycles. The molecule has 0 saturated heterocycles. The Morgan fingerprint density at radius 1 is 1.13 bits per heavy atom. The number of H-pyrrole nitrogens is 1. The van der Waals surface area contributed by atoms with Gasteiger partial charge in [0.1, 0.15) is 22.6 Å². The summed E-state index contributed by atoms with van der Waals surface area (Å²) < 4.78 is 26.8. The molecule has 0 bridgehead atoms. The largest absolute Gasteiger partial charge is 0.506 e. The van der Waals surface area contributed by atoms with Gasteiger partial charge in [-0.25, -0.2) is 18.1 Å². The average molecular weight is 444 g/mol. The highest BCUT2D eigenvalue weighted by atomic mass is 32.2. The number of thiophene rings is 1. The van der Waals surface area contributed by atoms with Crippen LogP contribution >= 0.6 is 11.3 Å². The van der Waals surface area contributed by atoms with Crippen LogP contribution in [0.2, 0.25) is 0 Å². The molecule has 0 aliphatic rings. The van der Waals surface area contributed by atoms with Crippen LogP contribution in [0, 0.1) is 0 Å². The predicted molar refractivity (Wildman–Crippen MR) is 113 cm³/mol. The fourth-order valence-electron chi connectivity index (χ4n) is 2.85. The number of rotatable bonds is 7. The van der Waals surface area contributed by atoms with Gasteiger partial charge in [-0.2, -0.15) is 0 Å². The number of benzene rings is 1. The highest BCUT2D eigenvalue weighted by molar-refractivity contribution is 7.89. The molecule has 0 radical (unpaired) electrons. The Labute approximate surface area is 175 Å². The van der Waals surface area contributed by atoms with Gasteiger partial charge in [0.2, 0.25) is 10.0 Å². The second-order valence-electron chi connectivity index (χ2n) is 6.26. The van der Waals surface area contributed by atoms with Crippen molar-refractivity contribution in [1.29, 1.82) is 0 Å². The van der Waals surface area contributed by atoms with E-state index < -0.39 is 15.9 Å². The quantitative estimate of drug-likeness (QED) is 0.323. The molecule has 4 aromatic rings. The first-order valence-electron chi connectivity index (χ1n) is 8.89. The number of imidazole rings is 1. The number of hydrogen-bond donors (Lipinski definition) is 4. The van der Waals surface area contributed by atoms with Crippen LogP contribution < -0.4 is 10.0 Å². The number of nitrogens with one attached hydrogen (secondary N) is 3. The van der Waals surface area contributed by atoms with Gasteiger partial charge in [-0.1, -0.05) is 6.07 Å². The number of amides is 1. The zero-order chi connectivity index (χ0) is 21.1. The Hall–Kier alpha value is -3.28. The Kier molecular flexibility index (Phi) is 5.48. The summed E-state index contributed by atoms with van der Waals surface area (Å²) in [6, 6.07) is 9.43. The van der Waals surface area contributed by atoms with Crippen LogP contribution in [0.25, 0.3) is 21.7 Å². The first-order chi connectivity index (χ1) is 14.5. The summed E-state index contributed by atoms with van der Waals surface area (Å²) in [5.41, 5.74) is 0.983. The van der Waals surface area contributed by atoms with E-state index in [0.717, 1.165) is 4.88 Å². The van der Waals surface area contributed by atoms with E-state index in [1.165, 1.54) is 48.0 Å². The molecule has 0 unspecified atom stereocenters. The average Bonchev–Trinajstić information content (AvgIpc) is 3.42. The number of aromatic hydroxyl groups is 1. The summed E-state index contributed by atoms with van der Waals surface area (Å²) in [5.74, 6) is 0.120. The number of sulfonamides is 1. The molecule has 30 heavy (non-hydrogen) atoms. The van der Waals surface area contributed by atoms with Crippen molar-refractivity contribution in [2.24, 2.45) is 0 Å². The fraction of sp³-hybridized carbons (Fsp3) is 0.105. The SMILES string of the molecule is O=C(NCCNS(=O)(=O)c1ccncc1)c1ccc(O)c2[nH]c(-c3cccs3)nc12.